The van der Waals surface area contributed by atoms with Crippen LogP contribution < -0.4 is 4.74 Å². The number of ether oxygens (including phenoxy) is 1. The van der Waals surface area contributed by atoms with Gasteiger partial charge in [-0.3, -0.25) is 5.10 Å². The number of nitrogens with zero attached hydrogens (tertiary/aromatic N) is 1. The van der Waals surface area contributed by atoms with Crippen molar-refractivity contribution in [1.29, 1.82) is 0 Å². The normalized spacial score (nSPS) is 10.9. The van der Waals surface area contributed by atoms with Crippen LogP contribution >= 0.6 is 11.6 Å². The van der Waals surface area contributed by atoms with Crippen molar-refractivity contribution in [2.24, 2.45) is 0 Å². The molecule has 1 heterocycles. The molecule has 0 radical (unpaired) electrons. The number of nitrogens with one attached hydrogen (secondary N) is 1. The summed E-state index contributed by atoms with van der Waals surface area (Å²) in [6.45, 7) is 0. The first-order valence-electron chi connectivity index (χ1n) is 4.80. The van der Waals surface area contributed by atoms with Crippen molar-refractivity contribution in [1.82, 2.24) is 10.2 Å². The number of methoxy groups -OCH3 is 1. The van der Waals surface area contributed by atoms with E-state index in [1.807, 2.05) is 0 Å². The Labute approximate surface area is 101 Å². The first-order valence-corrected chi connectivity index (χ1v) is 5.17. The minimum atomic E-state index is -2.66. The maximum absolute atomic E-state index is 12.5. The highest BCUT2D eigenvalue weighted by atomic mass is 35.5. The summed E-state index contributed by atoms with van der Waals surface area (Å²) >= 11 is 5.82. The van der Waals surface area contributed by atoms with Crippen LogP contribution in [0.25, 0.3) is 11.3 Å². The van der Waals surface area contributed by atoms with Crippen molar-refractivity contribution in [3.8, 4) is 17.0 Å². The molecule has 0 saturated carbocycles. The summed E-state index contributed by atoms with van der Waals surface area (Å²) in [6, 6.07) is 6.83. The molecule has 0 spiro atoms. The number of benzene rings is 1. The topological polar surface area (TPSA) is 37.9 Å². The second kappa shape index (κ2) is 4.71. The highest BCUT2D eigenvalue weighted by Crippen LogP contribution is 2.33. The number of alkyl halides is 2. The van der Waals surface area contributed by atoms with Gasteiger partial charge >= 0.3 is 0 Å². The van der Waals surface area contributed by atoms with Crippen molar-refractivity contribution in [2.75, 3.05) is 7.11 Å². The van der Waals surface area contributed by atoms with Gasteiger partial charge in [0.05, 0.1) is 12.1 Å². The van der Waals surface area contributed by atoms with Crippen LogP contribution in [-0.4, -0.2) is 17.3 Å². The fraction of sp³-hybridized carbons (Fsp3) is 0.182. The molecule has 0 amide bonds. The number of halogens is 3. The molecule has 2 aromatic rings. The van der Waals surface area contributed by atoms with Gasteiger partial charge < -0.3 is 4.74 Å². The van der Waals surface area contributed by atoms with Gasteiger partial charge in [0.1, 0.15) is 17.1 Å². The average Bonchev–Trinajstić information content (AvgIpc) is 2.71. The summed E-state index contributed by atoms with van der Waals surface area (Å²) in [5, 5.41) is 5.97. The fourth-order valence-electron chi connectivity index (χ4n) is 1.43. The van der Waals surface area contributed by atoms with Gasteiger partial charge in [-0.25, -0.2) is 8.78 Å². The molecule has 1 aromatic carbocycles. The molecule has 17 heavy (non-hydrogen) atoms. The minimum Gasteiger partial charge on any atom is -0.497 e. The molecule has 0 fully saturated rings. The lowest BCUT2D eigenvalue weighted by molar-refractivity contribution is 0.146. The van der Waals surface area contributed by atoms with Crippen LogP contribution in [0.5, 0.6) is 5.75 Å². The van der Waals surface area contributed by atoms with Gasteiger partial charge in [-0.05, 0) is 24.3 Å². The Kier molecular flexibility index (Phi) is 3.28. The lowest BCUT2D eigenvalue weighted by atomic mass is 10.1. The van der Waals surface area contributed by atoms with E-state index < -0.39 is 6.43 Å². The van der Waals surface area contributed by atoms with E-state index in [1.54, 1.807) is 31.4 Å². The Balaban J connectivity index is 2.39. The Morgan fingerprint density at radius 2 is 1.94 bits per heavy atom. The summed E-state index contributed by atoms with van der Waals surface area (Å²) in [5.74, 6) is 0.675. The molecule has 0 aliphatic heterocycles. The zero-order valence-electron chi connectivity index (χ0n) is 8.88. The lowest BCUT2D eigenvalue weighted by Crippen LogP contribution is -1.84. The van der Waals surface area contributed by atoms with Gasteiger partial charge in [0.2, 0.25) is 0 Å². The molecular weight excluding hydrogens is 250 g/mol. The average molecular weight is 259 g/mol. The molecular formula is C11H9ClF2N2O. The molecule has 1 aromatic heterocycles. The summed E-state index contributed by atoms with van der Waals surface area (Å²) in [7, 11) is 1.55. The number of H-pyrrole nitrogens is 1. The number of hydrogen-bond donors (Lipinski definition) is 1. The molecule has 2 rings (SSSR count). The summed E-state index contributed by atoms with van der Waals surface area (Å²) in [4.78, 5) is 0. The SMILES string of the molecule is COc1ccc(-c2n[nH]c(C(F)F)c2Cl)cc1. The molecule has 90 valence electrons. The number of aromatic nitrogens is 2. The largest absolute Gasteiger partial charge is 0.497 e. The van der Waals surface area contributed by atoms with Crippen LogP contribution in [0, 0.1) is 0 Å². The second-order valence-corrected chi connectivity index (χ2v) is 3.71. The molecule has 0 aliphatic carbocycles. The van der Waals surface area contributed by atoms with E-state index in [9.17, 15) is 8.78 Å². The molecule has 0 bridgehead atoms. The summed E-state index contributed by atoms with van der Waals surface area (Å²) in [6.07, 6.45) is -2.66. The van der Waals surface area contributed by atoms with Gasteiger partial charge in [0.15, 0.2) is 0 Å². The molecule has 1 N–H and O–H groups in total. The number of hydrogen-bond acceptors (Lipinski definition) is 2. The first kappa shape index (κ1) is 11.9. The molecule has 0 atom stereocenters. The van der Waals surface area contributed by atoms with E-state index in [-0.39, 0.29) is 10.7 Å². The van der Waals surface area contributed by atoms with Crippen molar-refractivity contribution >= 4 is 11.6 Å². The van der Waals surface area contributed by atoms with Crippen LogP contribution in [0.15, 0.2) is 24.3 Å². The Morgan fingerprint density at radius 3 is 2.41 bits per heavy atom. The number of aromatic amines is 1. The third kappa shape index (κ3) is 2.24. The van der Waals surface area contributed by atoms with Gasteiger partial charge in [-0.2, -0.15) is 5.10 Å². The minimum absolute atomic E-state index is 0.0508. The Morgan fingerprint density at radius 1 is 1.29 bits per heavy atom. The van der Waals surface area contributed by atoms with Gasteiger partial charge in [0.25, 0.3) is 6.43 Å². The quantitative estimate of drug-likeness (QED) is 0.912. The monoisotopic (exact) mass is 258 g/mol. The van der Waals surface area contributed by atoms with E-state index in [0.717, 1.165) is 0 Å². The molecule has 6 heteroatoms. The Hall–Kier alpha value is -1.62. The summed E-state index contributed by atoms with van der Waals surface area (Å²) in [5.41, 5.74) is 0.598. The van der Waals surface area contributed by atoms with Gasteiger partial charge in [-0.1, -0.05) is 11.6 Å². The van der Waals surface area contributed by atoms with Crippen LogP contribution in [0.1, 0.15) is 12.1 Å². The lowest BCUT2D eigenvalue weighted by Gasteiger charge is -2.01. The van der Waals surface area contributed by atoms with E-state index in [4.69, 9.17) is 16.3 Å². The fourth-order valence-corrected chi connectivity index (χ4v) is 1.70. The molecule has 3 nitrogen and oxygen atoms in total. The summed E-state index contributed by atoms with van der Waals surface area (Å²) < 4.78 is 30.0. The van der Waals surface area contributed by atoms with Crippen LogP contribution in [0.2, 0.25) is 5.02 Å². The maximum Gasteiger partial charge on any atom is 0.281 e. The van der Waals surface area contributed by atoms with E-state index in [2.05, 4.69) is 10.2 Å². The standard InChI is InChI=1S/C11H9ClF2N2O/c1-17-7-4-2-6(3-5-7)9-8(12)10(11(13)14)16-15-9/h2-5,11H,1H3,(H,15,16). The van der Waals surface area contributed by atoms with E-state index in [1.165, 1.54) is 0 Å². The zero-order valence-corrected chi connectivity index (χ0v) is 9.63. The first-order chi connectivity index (χ1) is 8.13. The smallest absolute Gasteiger partial charge is 0.281 e. The van der Waals surface area contributed by atoms with Crippen LogP contribution in [0.3, 0.4) is 0 Å². The second-order valence-electron chi connectivity index (χ2n) is 3.33. The van der Waals surface area contributed by atoms with Gasteiger partial charge in [0, 0.05) is 5.56 Å². The maximum atomic E-state index is 12.5. The molecule has 0 unspecified atom stereocenters. The van der Waals surface area contributed by atoms with Crippen LogP contribution in [0.4, 0.5) is 8.78 Å². The third-order valence-electron chi connectivity index (χ3n) is 2.31. The van der Waals surface area contributed by atoms with Crippen LogP contribution in [-0.2, 0) is 0 Å². The van der Waals surface area contributed by atoms with Crippen molar-refractivity contribution in [3.63, 3.8) is 0 Å². The van der Waals surface area contributed by atoms with Crippen molar-refractivity contribution in [2.45, 2.75) is 6.43 Å². The molecule has 0 aliphatic rings. The predicted molar refractivity (Wildman–Crippen MR) is 60.5 cm³/mol. The van der Waals surface area contributed by atoms with E-state index in [0.29, 0.717) is 17.0 Å². The Bertz CT molecular complexity index is 511. The highest BCUT2D eigenvalue weighted by Gasteiger charge is 2.19. The van der Waals surface area contributed by atoms with E-state index >= 15 is 0 Å². The third-order valence-corrected chi connectivity index (χ3v) is 2.70. The van der Waals surface area contributed by atoms with Crippen molar-refractivity contribution in [3.05, 3.63) is 35.0 Å². The predicted octanol–water partition coefficient (Wildman–Crippen LogP) is 3.68. The number of rotatable bonds is 3. The van der Waals surface area contributed by atoms with Crippen molar-refractivity contribution < 1.29 is 13.5 Å². The zero-order chi connectivity index (χ0) is 12.4. The highest BCUT2D eigenvalue weighted by molar-refractivity contribution is 6.33. The van der Waals surface area contributed by atoms with Gasteiger partial charge in [-0.15, -0.1) is 0 Å². The molecule has 0 saturated heterocycles.